The van der Waals surface area contributed by atoms with Crippen LogP contribution in [0.4, 0.5) is 17.1 Å². The Morgan fingerprint density at radius 3 is 2.46 bits per heavy atom. The SMILES string of the molecule is O=C(COc1ccc(Br)cc1[C@H]1c2sc(=O)[nH]c2SC2C3CC(C4C(=O)N(c5ccc([N+](=O)[O-])cc5)C(=O)C34)C21)Nc1ccc(O)cc1. The maximum atomic E-state index is 14.1. The van der Waals surface area contributed by atoms with Gasteiger partial charge in [0.25, 0.3) is 11.6 Å². The lowest BCUT2D eigenvalue weighted by atomic mass is 9.68. The van der Waals surface area contributed by atoms with Gasteiger partial charge in [0, 0.05) is 43.9 Å². The van der Waals surface area contributed by atoms with Crippen LogP contribution in [0.2, 0.25) is 0 Å². The molecule has 1 aromatic heterocycles. The first kappa shape index (κ1) is 30.8. The number of aromatic amines is 1. The van der Waals surface area contributed by atoms with Gasteiger partial charge in [-0.3, -0.25) is 34.2 Å². The molecule has 7 atom stereocenters. The van der Waals surface area contributed by atoms with Crippen molar-refractivity contribution < 1.29 is 29.2 Å². The van der Waals surface area contributed by atoms with Crippen LogP contribution in [0.25, 0.3) is 0 Å². The third-order valence-corrected chi connectivity index (χ3v) is 12.9. The number of anilines is 2. The van der Waals surface area contributed by atoms with Gasteiger partial charge in [-0.25, -0.2) is 0 Å². The number of phenols is 1. The van der Waals surface area contributed by atoms with Gasteiger partial charge in [-0.2, -0.15) is 0 Å². The molecule has 3 amide bonds. The number of nitro groups is 1. The minimum Gasteiger partial charge on any atom is -0.508 e. The number of rotatable bonds is 7. The highest BCUT2D eigenvalue weighted by atomic mass is 79.9. The number of non-ortho nitro benzene ring substituents is 1. The van der Waals surface area contributed by atoms with Crippen LogP contribution in [0, 0.1) is 39.7 Å². The number of ether oxygens (including phenoxy) is 1. The van der Waals surface area contributed by atoms with Crippen LogP contribution < -0.4 is 19.8 Å². The number of thioether (sulfide) groups is 1. The van der Waals surface area contributed by atoms with Gasteiger partial charge in [0.1, 0.15) is 11.5 Å². The first-order valence-electron chi connectivity index (χ1n) is 15.1. The average Bonchev–Trinajstić information content (AvgIpc) is 3.80. The van der Waals surface area contributed by atoms with E-state index in [1.807, 2.05) is 12.1 Å². The van der Waals surface area contributed by atoms with Crippen LogP contribution in [0.1, 0.15) is 22.8 Å². The van der Waals surface area contributed by atoms with Crippen LogP contribution in [-0.2, 0) is 14.4 Å². The van der Waals surface area contributed by atoms with Gasteiger partial charge in [0.2, 0.25) is 11.8 Å². The van der Waals surface area contributed by atoms with E-state index in [4.69, 9.17) is 4.74 Å². The number of nitro benzene ring substituents is 1. The van der Waals surface area contributed by atoms with E-state index in [0.29, 0.717) is 23.5 Å². The number of aromatic nitrogens is 1. The Bertz CT molecular complexity index is 2070. The summed E-state index contributed by atoms with van der Waals surface area (Å²) in [4.78, 5) is 69.0. The number of fused-ring (bicyclic) bond motifs is 9. The summed E-state index contributed by atoms with van der Waals surface area (Å²) in [6.45, 7) is -0.296. The number of nitrogens with one attached hydrogen (secondary N) is 2. The summed E-state index contributed by atoms with van der Waals surface area (Å²) in [5.74, 6) is -2.31. The number of nitrogens with zero attached hydrogens (tertiary/aromatic N) is 2. The average molecular weight is 750 g/mol. The second-order valence-electron chi connectivity index (χ2n) is 12.3. The number of imide groups is 1. The first-order chi connectivity index (χ1) is 23.1. The molecule has 244 valence electrons. The van der Waals surface area contributed by atoms with Crippen molar-refractivity contribution in [3.05, 3.63) is 101 Å². The molecule has 2 aliphatic carbocycles. The Morgan fingerprint density at radius 1 is 1.04 bits per heavy atom. The molecule has 15 heteroatoms. The smallest absolute Gasteiger partial charge is 0.305 e. The number of hydrogen-bond acceptors (Lipinski definition) is 10. The van der Waals surface area contributed by atoms with Gasteiger partial charge >= 0.3 is 4.87 Å². The van der Waals surface area contributed by atoms with Crippen molar-refractivity contribution >= 4 is 73.8 Å². The lowest BCUT2D eigenvalue weighted by Crippen LogP contribution is -2.42. The largest absolute Gasteiger partial charge is 0.508 e. The van der Waals surface area contributed by atoms with E-state index in [2.05, 4.69) is 26.2 Å². The van der Waals surface area contributed by atoms with Gasteiger partial charge in [0.05, 0.1) is 27.5 Å². The predicted octanol–water partition coefficient (Wildman–Crippen LogP) is 5.51. The number of carbonyl (C=O) groups excluding carboxylic acids is 3. The maximum absolute atomic E-state index is 14.1. The molecule has 3 heterocycles. The van der Waals surface area contributed by atoms with Crippen LogP contribution in [0.3, 0.4) is 0 Å². The summed E-state index contributed by atoms with van der Waals surface area (Å²) in [5, 5.41) is 24.2. The molecule has 0 radical (unpaired) electrons. The van der Waals surface area contributed by atoms with Crippen molar-refractivity contribution in [2.75, 3.05) is 16.8 Å². The van der Waals surface area contributed by atoms with Crippen LogP contribution in [0.15, 0.2) is 81.0 Å². The third kappa shape index (κ3) is 4.94. The number of benzene rings is 3. The zero-order valence-electron chi connectivity index (χ0n) is 24.7. The predicted molar refractivity (Wildman–Crippen MR) is 180 cm³/mol. The number of aromatic hydroxyl groups is 1. The topological polar surface area (TPSA) is 172 Å². The standard InChI is InChI=1S/C33H25BrN4O8S2/c34-14-1-10-22(46-13-23(40)35-15-2-8-18(39)9-3-15)19(11-14)24-25-20-12-21(28(25)47-30-29(24)48-33(43)36-30)27-26(20)31(41)37(32(27)42)16-4-6-17(7-5-16)38(44)45/h1-11,20-21,24-28,39H,12-13H2,(H,35,40)(H,36,43)/t20?,21?,24-,25?,26?,27?,28?/m1/s1. The quantitative estimate of drug-likeness (QED) is 0.0954. The highest BCUT2D eigenvalue weighted by Gasteiger charge is 2.70. The Morgan fingerprint density at radius 2 is 1.75 bits per heavy atom. The Kier molecular flexibility index (Phi) is 7.45. The highest BCUT2D eigenvalue weighted by Crippen LogP contribution is 2.69. The first-order valence-corrected chi connectivity index (χ1v) is 17.6. The molecule has 2 bridgehead atoms. The molecule has 1 saturated heterocycles. The normalized spacial score (nSPS) is 26.6. The molecule has 8 rings (SSSR count). The van der Waals surface area contributed by atoms with Crippen molar-refractivity contribution in [2.45, 2.75) is 22.6 Å². The molecule has 6 unspecified atom stereocenters. The Balaban J connectivity index is 1.13. The van der Waals surface area contributed by atoms with Crippen LogP contribution in [-0.4, -0.2) is 44.6 Å². The molecule has 3 aromatic carbocycles. The Hall–Kier alpha value is -4.47. The number of hydrogen-bond donors (Lipinski definition) is 3. The van der Waals surface area contributed by atoms with E-state index in [1.54, 1.807) is 30.0 Å². The molecule has 3 fully saturated rings. The molecule has 2 aliphatic heterocycles. The fourth-order valence-corrected chi connectivity index (χ4v) is 11.4. The molecule has 4 aromatic rings. The van der Waals surface area contributed by atoms with E-state index in [1.165, 1.54) is 41.3 Å². The minimum absolute atomic E-state index is 0.0720. The molecule has 3 N–H and O–H groups in total. The van der Waals surface area contributed by atoms with Gasteiger partial charge in [0.15, 0.2) is 6.61 Å². The monoisotopic (exact) mass is 748 g/mol. The summed E-state index contributed by atoms with van der Waals surface area (Å²) in [6, 6.07) is 17.0. The molecule has 4 aliphatic rings. The third-order valence-electron chi connectivity index (χ3n) is 9.86. The van der Waals surface area contributed by atoms with Crippen LogP contribution in [0.5, 0.6) is 11.5 Å². The van der Waals surface area contributed by atoms with E-state index in [0.717, 1.165) is 31.3 Å². The lowest BCUT2D eigenvalue weighted by molar-refractivity contribution is -0.384. The zero-order valence-corrected chi connectivity index (χ0v) is 27.9. The number of amides is 3. The van der Waals surface area contributed by atoms with Crippen molar-refractivity contribution in [1.82, 2.24) is 4.98 Å². The maximum Gasteiger partial charge on any atom is 0.305 e. The summed E-state index contributed by atoms with van der Waals surface area (Å²) in [7, 11) is 0. The van der Waals surface area contributed by atoms with Crippen molar-refractivity contribution in [3.8, 4) is 11.5 Å². The van der Waals surface area contributed by atoms with E-state index < -0.39 is 22.7 Å². The Labute approximate surface area is 288 Å². The fourth-order valence-electron chi connectivity index (χ4n) is 8.12. The van der Waals surface area contributed by atoms with Crippen molar-refractivity contribution in [3.63, 3.8) is 0 Å². The molecule has 0 spiro atoms. The molecule has 12 nitrogen and oxygen atoms in total. The summed E-state index contributed by atoms with van der Waals surface area (Å²) < 4.78 is 6.90. The molecule has 48 heavy (non-hydrogen) atoms. The zero-order chi connectivity index (χ0) is 33.4. The van der Waals surface area contributed by atoms with Gasteiger partial charge in [-0.05, 0) is 78.8 Å². The number of carbonyl (C=O) groups is 3. The molecular weight excluding hydrogens is 724 g/mol. The number of H-pyrrole nitrogens is 1. The van der Waals surface area contributed by atoms with Gasteiger partial charge < -0.3 is 20.1 Å². The van der Waals surface area contributed by atoms with Crippen molar-refractivity contribution in [2.24, 2.45) is 29.6 Å². The van der Waals surface area contributed by atoms with E-state index in [-0.39, 0.29) is 63.7 Å². The second kappa shape index (κ2) is 11.6. The van der Waals surface area contributed by atoms with Crippen LogP contribution >= 0.6 is 39.0 Å². The highest BCUT2D eigenvalue weighted by molar-refractivity contribution is 9.10. The second-order valence-corrected chi connectivity index (χ2v) is 15.4. The lowest BCUT2D eigenvalue weighted by Gasteiger charge is -2.43. The van der Waals surface area contributed by atoms with Gasteiger partial charge in [-0.15, -0.1) is 11.8 Å². The van der Waals surface area contributed by atoms with Gasteiger partial charge in [-0.1, -0.05) is 27.3 Å². The number of thiazole rings is 1. The fraction of sp³-hybridized carbons (Fsp3) is 0.273. The van der Waals surface area contributed by atoms with E-state index in [9.17, 15) is 34.4 Å². The summed E-state index contributed by atoms with van der Waals surface area (Å²) in [5.41, 5.74) is 1.45. The summed E-state index contributed by atoms with van der Waals surface area (Å²) >= 11 is 6.27. The summed E-state index contributed by atoms with van der Waals surface area (Å²) in [6.07, 6.45) is 0.679. The molecular formula is C33H25BrN4O8S2. The number of halogens is 1. The van der Waals surface area contributed by atoms with Crippen molar-refractivity contribution in [1.29, 1.82) is 0 Å². The number of phenolic OH excluding ortho intramolecular Hbond substituents is 1. The van der Waals surface area contributed by atoms with E-state index >= 15 is 0 Å². The molecule has 2 saturated carbocycles. The minimum atomic E-state index is -0.563.